The molecule has 0 heterocycles. The van der Waals surface area contributed by atoms with Crippen LogP contribution in [0.3, 0.4) is 0 Å². The molecule has 3 heteroatoms. The van der Waals surface area contributed by atoms with Crippen LogP contribution in [0.15, 0.2) is 0 Å². The summed E-state index contributed by atoms with van der Waals surface area (Å²) in [5, 5.41) is 13.1. The Kier molecular flexibility index (Phi) is 3.85. The van der Waals surface area contributed by atoms with Crippen LogP contribution < -0.4 is 5.32 Å². The van der Waals surface area contributed by atoms with Crippen LogP contribution in [0.25, 0.3) is 0 Å². The van der Waals surface area contributed by atoms with Gasteiger partial charge in [-0.25, -0.2) is 0 Å². The Morgan fingerprint density at radius 1 is 1.12 bits per heavy atom. The molecule has 0 aromatic carbocycles. The van der Waals surface area contributed by atoms with Gasteiger partial charge in [0.15, 0.2) is 0 Å². The summed E-state index contributed by atoms with van der Waals surface area (Å²) in [5.41, 5.74) is -0.607. The van der Waals surface area contributed by atoms with E-state index in [1.54, 1.807) is 0 Å². The zero-order valence-corrected chi connectivity index (χ0v) is 10.0. The summed E-state index contributed by atoms with van der Waals surface area (Å²) < 4.78 is 0. The van der Waals surface area contributed by atoms with Gasteiger partial charge in [0.1, 0.15) is 0 Å². The fourth-order valence-corrected chi connectivity index (χ4v) is 2.97. The van der Waals surface area contributed by atoms with Gasteiger partial charge >= 0.3 is 0 Å². The summed E-state index contributed by atoms with van der Waals surface area (Å²) in [6.45, 7) is 0.461. The Hall–Kier alpha value is -0.570. The maximum atomic E-state index is 11.9. The van der Waals surface area contributed by atoms with Gasteiger partial charge in [0, 0.05) is 12.5 Å². The highest BCUT2D eigenvalue weighted by molar-refractivity contribution is 5.78. The topological polar surface area (TPSA) is 49.3 Å². The van der Waals surface area contributed by atoms with Gasteiger partial charge in [0.05, 0.1) is 5.60 Å². The summed E-state index contributed by atoms with van der Waals surface area (Å²) in [7, 11) is 0. The Morgan fingerprint density at radius 2 is 1.75 bits per heavy atom. The zero-order valence-electron chi connectivity index (χ0n) is 10.0. The van der Waals surface area contributed by atoms with E-state index in [2.05, 4.69) is 5.32 Å². The molecule has 3 nitrogen and oxygen atoms in total. The van der Waals surface area contributed by atoms with Crippen molar-refractivity contribution in [2.24, 2.45) is 5.92 Å². The first kappa shape index (κ1) is 11.9. The Morgan fingerprint density at radius 3 is 2.38 bits per heavy atom. The molecule has 2 aliphatic rings. The molecule has 1 amide bonds. The van der Waals surface area contributed by atoms with E-state index in [-0.39, 0.29) is 11.8 Å². The molecule has 0 unspecified atom stereocenters. The Bertz CT molecular complexity index is 240. The summed E-state index contributed by atoms with van der Waals surface area (Å²) in [5.74, 6) is 0.374. The molecule has 0 aliphatic heterocycles. The fourth-order valence-electron chi connectivity index (χ4n) is 2.97. The van der Waals surface area contributed by atoms with Gasteiger partial charge in [-0.05, 0) is 25.7 Å². The second-order valence-electron chi connectivity index (χ2n) is 5.48. The SMILES string of the molecule is O=C(NCC1(O)CCCC1)C1CCCCC1. The quantitative estimate of drug-likeness (QED) is 0.771. The minimum atomic E-state index is -0.607. The minimum Gasteiger partial charge on any atom is -0.388 e. The third kappa shape index (κ3) is 2.97. The van der Waals surface area contributed by atoms with Crippen LogP contribution in [0.4, 0.5) is 0 Å². The second-order valence-corrected chi connectivity index (χ2v) is 5.48. The summed E-state index contributed by atoms with van der Waals surface area (Å²) in [4.78, 5) is 11.9. The van der Waals surface area contributed by atoms with Crippen LogP contribution in [0.1, 0.15) is 57.8 Å². The highest BCUT2D eigenvalue weighted by atomic mass is 16.3. The molecular formula is C13H23NO2. The molecule has 2 N–H and O–H groups in total. The Labute approximate surface area is 97.6 Å². The number of hydrogen-bond donors (Lipinski definition) is 2. The van der Waals surface area contributed by atoms with Crippen molar-refractivity contribution in [1.29, 1.82) is 0 Å². The van der Waals surface area contributed by atoms with E-state index in [9.17, 15) is 9.90 Å². The molecule has 0 spiro atoms. The lowest BCUT2D eigenvalue weighted by molar-refractivity contribution is -0.127. The molecule has 16 heavy (non-hydrogen) atoms. The zero-order chi connectivity index (χ0) is 11.4. The summed E-state index contributed by atoms with van der Waals surface area (Å²) >= 11 is 0. The highest BCUT2D eigenvalue weighted by Gasteiger charge is 2.32. The normalized spacial score (nSPS) is 25.6. The van der Waals surface area contributed by atoms with Crippen LogP contribution in [-0.4, -0.2) is 23.2 Å². The third-order valence-corrected chi connectivity index (χ3v) is 4.10. The van der Waals surface area contributed by atoms with Gasteiger partial charge in [-0.15, -0.1) is 0 Å². The van der Waals surface area contributed by atoms with Crippen LogP contribution in [0.2, 0.25) is 0 Å². The van der Waals surface area contributed by atoms with E-state index >= 15 is 0 Å². The summed E-state index contributed by atoms with van der Waals surface area (Å²) in [6, 6.07) is 0. The van der Waals surface area contributed by atoms with Gasteiger partial charge in [0.25, 0.3) is 0 Å². The van der Waals surface area contributed by atoms with Crippen molar-refractivity contribution in [3.8, 4) is 0 Å². The third-order valence-electron chi connectivity index (χ3n) is 4.10. The average Bonchev–Trinajstić information content (AvgIpc) is 2.75. The van der Waals surface area contributed by atoms with Crippen LogP contribution in [0, 0.1) is 5.92 Å². The van der Waals surface area contributed by atoms with Crippen molar-refractivity contribution in [2.45, 2.75) is 63.4 Å². The van der Waals surface area contributed by atoms with Crippen LogP contribution in [0.5, 0.6) is 0 Å². The van der Waals surface area contributed by atoms with Crippen molar-refractivity contribution in [1.82, 2.24) is 5.32 Å². The van der Waals surface area contributed by atoms with Crippen LogP contribution in [-0.2, 0) is 4.79 Å². The number of hydrogen-bond acceptors (Lipinski definition) is 2. The van der Waals surface area contributed by atoms with E-state index in [1.165, 1.54) is 19.3 Å². The lowest BCUT2D eigenvalue weighted by atomic mass is 9.88. The largest absolute Gasteiger partial charge is 0.388 e. The van der Waals surface area contributed by atoms with E-state index in [0.717, 1.165) is 38.5 Å². The fraction of sp³-hybridized carbons (Fsp3) is 0.923. The summed E-state index contributed by atoms with van der Waals surface area (Å²) in [6.07, 6.45) is 9.58. The molecule has 2 aliphatic carbocycles. The predicted molar refractivity (Wildman–Crippen MR) is 63.0 cm³/mol. The van der Waals surface area contributed by atoms with Gasteiger partial charge in [-0.1, -0.05) is 32.1 Å². The lowest BCUT2D eigenvalue weighted by Crippen LogP contribution is -2.43. The molecule has 0 atom stereocenters. The van der Waals surface area contributed by atoms with Crippen LogP contribution >= 0.6 is 0 Å². The first-order valence-corrected chi connectivity index (χ1v) is 6.70. The van der Waals surface area contributed by atoms with Crippen molar-refractivity contribution in [3.05, 3.63) is 0 Å². The highest BCUT2D eigenvalue weighted by Crippen LogP contribution is 2.29. The lowest BCUT2D eigenvalue weighted by Gasteiger charge is -2.25. The molecule has 2 saturated carbocycles. The van der Waals surface area contributed by atoms with E-state index < -0.39 is 5.60 Å². The van der Waals surface area contributed by atoms with E-state index in [1.807, 2.05) is 0 Å². The predicted octanol–water partition coefficient (Wildman–Crippen LogP) is 1.99. The van der Waals surface area contributed by atoms with Crippen molar-refractivity contribution in [3.63, 3.8) is 0 Å². The minimum absolute atomic E-state index is 0.167. The van der Waals surface area contributed by atoms with E-state index in [4.69, 9.17) is 0 Å². The second kappa shape index (κ2) is 5.17. The monoisotopic (exact) mass is 225 g/mol. The average molecular weight is 225 g/mol. The molecule has 0 bridgehead atoms. The van der Waals surface area contributed by atoms with Gasteiger partial charge in [-0.2, -0.15) is 0 Å². The molecule has 0 radical (unpaired) electrons. The molecule has 2 rings (SSSR count). The molecule has 92 valence electrons. The Balaban J connectivity index is 1.74. The molecular weight excluding hydrogens is 202 g/mol. The van der Waals surface area contributed by atoms with Gasteiger partial charge in [-0.3, -0.25) is 4.79 Å². The smallest absolute Gasteiger partial charge is 0.223 e. The van der Waals surface area contributed by atoms with Gasteiger partial charge in [0.2, 0.25) is 5.91 Å². The molecule has 2 fully saturated rings. The number of carbonyl (C=O) groups excluding carboxylic acids is 1. The molecule has 0 saturated heterocycles. The first-order valence-electron chi connectivity index (χ1n) is 6.70. The maximum absolute atomic E-state index is 11.9. The van der Waals surface area contributed by atoms with Crippen molar-refractivity contribution >= 4 is 5.91 Å². The van der Waals surface area contributed by atoms with E-state index in [0.29, 0.717) is 6.54 Å². The molecule has 0 aromatic rings. The molecule has 0 aromatic heterocycles. The number of amides is 1. The maximum Gasteiger partial charge on any atom is 0.223 e. The number of carbonyl (C=O) groups is 1. The number of nitrogens with one attached hydrogen (secondary N) is 1. The van der Waals surface area contributed by atoms with Crippen molar-refractivity contribution < 1.29 is 9.90 Å². The standard InChI is InChI=1S/C13H23NO2/c15-12(11-6-2-1-3-7-11)14-10-13(16)8-4-5-9-13/h11,16H,1-10H2,(H,14,15). The number of rotatable bonds is 3. The van der Waals surface area contributed by atoms with Crippen molar-refractivity contribution in [2.75, 3.05) is 6.54 Å². The van der Waals surface area contributed by atoms with Gasteiger partial charge < -0.3 is 10.4 Å². The first-order chi connectivity index (χ1) is 7.70. The number of aliphatic hydroxyl groups is 1.